The predicted molar refractivity (Wildman–Crippen MR) is 292 cm³/mol. The first-order chi connectivity index (χ1) is 35.2. The normalized spacial score (nSPS) is 32.0. The van der Waals surface area contributed by atoms with Gasteiger partial charge in [-0.2, -0.15) is 0 Å². The van der Waals surface area contributed by atoms with Crippen molar-refractivity contribution in [3.05, 3.63) is 53.6 Å². The third kappa shape index (κ3) is 15.2. The molecular formula is C60H92N8O8. The molecule has 0 aromatic carbocycles. The minimum atomic E-state index is -0.510. The molecule has 76 heavy (non-hydrogen) atoms. The van der Waals surface area contributed by atoms with Crippen molar-refractivity contribution in [2.24, 2.45) is 11.8 Å². The van der Waals surface area contributed by atoms with E-state index >= 15 is 0 Å². The molecule has 1 saturated carbocycles. The molecule has 5 fully saturated rings. The number of aromatic nitrogens is 4. The molecule has 4 N–H and O–H groups in total. The van der Waals surface area contributed by atoms with E-state index in [9.17, 15) is 19.2 Å². The average Bonchev–Trinajstić information content (AvgIpc) is 3.28. The maximum Gasteiger partial charge on any atom is 0.376 e. The Hall–Kier alpha value is -4.38. The lowest BCUT2D eigenvalue weighted by molar-refractivity contribution is -0.161. The van der Waals surface area contributed by atoms with Gasteiger partial charge < -0.3 is 40.2 Å². The zero-order chi connectivity index (χ0) is 55.3. The summed E-state index contributed by atoms with van der Waals surface area (Å²) in [4.78, 5) is 71.9. The van der Waals surface area contributed by atoms with Gasteiger partial charge in [0.2, 0.25) is 5.82 Å². The lowest BCUT2D eigenvalue weighted by atomic mass is 9.72. The molecule has 4 saturated heterocycles. The first kappa shape index (κ1) is 57.8. The lowest BCUT2D eigenvalue weighted by Crippen LogP contribution is -2.64. The summed E-state index contributed by atoms with van der Waals surface area (Å²) in [7, 11) is 0. The first-order valence-electron chi connectivity index (χ1n) is 28.6. The summed E-state index contributed by atoms with van der Waals surface area (Å²) in [6, 6.07) is 0. The number of nitrogens with zero attached hydrogens (tertiary/aromatic N) is 4. The van der Waals surface area contributed by atoms with E-state index in [1.54, 1.807) is 24.8 Å². The molecule has 16 nitrogen and oxygen atoms in total. The van der Waals surface area contributed by atoms with Crippen LogP contribution in [0.25, 0.3) is 5.57 Å². The highest BCUT2D eigenvalue weighted by molar-refractivity contribution is 5.88. The van der Waals surface area contributed by atoms with Gasteiger partial charge in [0.1, 0.15) is 30.2 Å². The number of allylic oxidation sites excluding steroid dienone is 2. The van der Waals surface area contributed by atoms with E-state index in [0.717, 1.165) is 62.5 Å². The molecule has 0 bridgehead atoms. The highest BCUT2D eigenvalue weighted by Crippen LogP contribution is 2.42. The number of nitrogens with one attached hydrogen (secondary N) is 4. The van der Waals surface area contributed by atoms with Crippen molar-refractivity contribution in [2.45, 2.75) is 281 Å². The maximum atomic E-state index is 13.9. The number of hydrogen-bond donors (Lipinski definition) is 4. The van der Waals surface area contributed by atoms with Gasteiger partial charge in [-0.3, -0.25) is 9.59 Å². The zero-order valence-electron chi connectivity index (χ0n) is 48.5. The van der Waals surface area contributed by atoms with E-state index in [4.69, 9.17) is 18.9 Å². The summed E-state index contributed by atoms with van der Waals surface area (Å²) >= 11 is 0. The van der Waals surface area contributed by atoms with Crippen LogP contribution in [0.2, 0.25) is 0 Å². The van der Waals surface area contributed by atoms with E-state index in [1.165, 1.54) is 0 Å². The van der Waals surface area contributed by atoms with Crippen LogP contribution in [-0.4, -0.2) is 113 Å². The van der Waals surface area contributed by atoms with Crippen LogP contribution in [-0.2, 0) is 28.5 Å². The molecule has 2 aromatic rings. The lowest BCUT2D eigenvalue weighted by Gasteiger charge is -2.51. The van der Waals surface area contributed by atoms with Gasteiger partial charge in [0.05, 0.1) is 17.4 Å². The number of carbonyl (C=O) groups is 4. The number of ether oxygens (including phenoxy) is 4. The van der Waals surface area contributed by atoms with Gasteiger partial charge in [-0.1, -0.05) is 6.08 Å². The molecule has 0 spiro atoms. The van der Waals surface area contributed by atoms with Crippen molar-refractivity contribution in [3.63, 3.8) is 0 Å². The van der Waals surface area contributed by atoms with Gasteiger partial charge in [0.15, 0.2) is 0 Å². The number of hydrogen-bond acceptors (Lipinski definition) is 16. The summed E-state index contributed by atoms with van der Waals surface area (Å²) < 4.78 is 24.6. The summed E-state index contributed by atoms with van der Waals surface area (Å²) in [5.41, 5.74) is 0.602. The number of esters is 4. The van der Waals surface area contributed by atoms with Crippen molar-refractivity contribution < 1.29 is 38.1 Å². The quantitative estimate of drug-likeness (QED) is 0.109. The summed E-state index contributed by atoms with van der Waals surface area (Å²) in [6.45, 7) is 30.3. The molecule has 2 aliphatic carbocycles. The van der Waals surface area contributed by atoms with Crippen molar-refractivity contribution in [3.8, 4) is 0 Å². The Morgan fingerprint density at radius 1 is 0.474 bits per heavy atom. The molecular weight excluding hydrogens is 961 g/mol. The molecule has 2 aromatic heterocycles. The number of carbonyl (C=O) groups excluding carboxylic acids is 4. The van der Waals surface area contributed by atoms with Crippen LogP contribution in [0, 0.1) is 11.8 Å². The van der Waals surface area contributed by atoms with Gasteiger partial charge in [-0.15, -0.1) is 0 Å². The van der Waals surface area contributed by atoms with Gasteiger partial charge in [0.25, 0.3) is 0 Å². The predicted octanol–water partition coefficient (Wildman–Crippen LogP) is 9.80. The molecule has 6 heterocycles. The summed E-state index contributed by atoms with van der Waals surface area (Å²) in [5, 5.41) is 15.1. The molecule has 420 valence electrons. The molecule has 4 aliphatic heterocycles. The molecule has 5 atom stereocenters. The SMILES string of the molecule is CC1(C)CC(OC(=O)c2cnc(C3CCC(C(=O)OC4CC(C)(C)NC(C)(CCC5(C)CC(OC(=O)C6CC=C(c7cnc(C(=O)OC8CC(C)(C)NC(C)(C)C8)nc7)CC6)CC(C)(C)N5)C4)CC3)nc2)CC(C)(C)N1. The van der Waals surface area contributed by atoms with E-state index in [2.05, 4.69) is 144 Å². The van der Waals surface area contributed by atoms with E-state index in [0.29, 0.717) is 69.2 Å². The largest absolute Gasteiger partial charge is 0.462 e. The highest BCUT2D eigenvalue weighted by atomic mass is 16.6. The van der Waals surface area contributed by atoms with Crippen molar-refractivity contribution >= 4 is 29.5 Å². The second kappa shape index (κ2) is 21.7. The van der Waals surface area contributed by atoms with Crippen LogP contribution in [0.3, 0.4) is 0 Å². The zero-order valence-corrected chi connectivity index (χ0v) is 48.5. The van der Waals surface area contributed by atoms with Crippen molar-refractivity contribution in [1.29, 1.82) is 0 Å². The van der Waals surface area contributed by atoms with Crippen molar-refractivity contribution in [2.75, 3.05) is 0 Å². The summed E-state index contributed by atoms with van der Waals surface area (Å²) in [6.07, 6.45) is 20.1. The Balaban J connectivity index is 0.787. The van der Waals surface area contributed by atoms with Crippen molar-refractivity contribution in [1.82, 2.24) is 41.2 Å². The second-order valence-corrected chi connectivity index (χ2v) is 28.6. The average molecular weight is 1050 g/mol. The van der Waals surface area contributed by atoms with Crippen LogP contribution < -0.4 is 21.3 Å². The molecule has 0 radical (unpaired) electrons. The minimum absolute atomic E-state index is 0.0520. The van der Waals surface area contributed by atoms with Crippen LogP contribution in [0.4, 0.5) is 0 Å². The maximum absolute atomic E-state index is 13.9. The standard InChI is InChI=1S/C60H92N8O8/c1-53(2)25-43(26-54(3,4)65-53)73-51(71)42-35-61-47(62-36-42)38-17-21-40(22-18-38)50(70)75-46-30-58(11,12)68-60(14,32-46)24-23-59(13)31-45(29-57(9,10)67-59)74-49(69)39-19-15-37(16-20-39)41-33-63-48(64-34-41)52(72)76-44-27-55(5,6)66-56(7,8)28-44/h15,33-36,38-40,43-46,65-68H,16-32H2,1-14H3. The molecule has 5 unspecified atom stereocenters. The highest BCUT2D eigenvalue weighted by Gasteiger charge is 2.48. The Bertz CT molecular complexity index is 2430. The Kier molecular flexibility index (Phi) is 16.5. The smallest absolute Gasteiger partial charge is 0.376 e. The van der Waals surface area contributed by atoms with Crippen LogP contribution in [0.5, 0.6) is 0 Å². The summed E-state index contributed by atoms with van der Waals surface area (Å²) in [5.74, 6) is -0.722. The monoisotopic (exact) mass is 1050 g/mol. The van der Waals surface area contributed by atoms with Crippen LogP contribution in [0.1, 0.15) is 244 Å². The van der Waals surface area contributed by atoms with Gasteiger partial charge in [-0.05, 0) is 160 Å². The molecule has 6 aliphatic rings. The Morgan fingerprint density at radius 3 is 1.32 bits per heavy atom. The third-order valence-corrected chi connectivity index (χ3v) is 17.0. The first-order valence-corrected chi connectivity index (χ1v) is 28.6. The van der Waals surface area contributed by atoms with Gasteiger partial charge in [0, 0.05) is 132 Å². The minimum Gasteiger partial charge on any atom is -0.462 e. The Morgan fingerprint density at radius 2 is 0.882 bits per heavy atom. The van der Waals surface area contributed by atoms with E-state index in [1.807, 2.05) is 0 Å². The van der Waals surface area contributed by atoms with E-state index < -0.39 is 11.9 Å². The van der Waals surface area contributed by atoms with Crippen LogP contribution >= 0.6 is 0 Å². The molecule has 0 amide bonds. The number of rotatable bonds is 13. The fraction of sp³-hybridized carbons (Fsp3) is 0.767. The van der Waals surface area contributed by atoms with Crippen LogP contribution in [0.15, 0.2) is 30.9 Å². The fourth-order valence-corrected chi connectivity index (χ4v) is 14.9. The third-order valence-electron chi connectivity index (χ3n) is 17.0. The van der Waals surface area contributed by atoms with E-state index in [-0.39, 0.29) is 104 Å². The fourth-order valence-electron chi connectivity index (χ4n) is 14.9. The molecule has 8 rings (SSSR count). The van der Waals surface area contributed by atoms with Gasteiger partial charge in [-0.25, -0.2) is 29.5 Å². The molecule has 16 heteroatoms. The topological polar surface area (TPSA) is 205 Å². The number of piperidine rings is 4. The second-order valence-electron chi connectivity index (χ2n) is 28.6. The van der Waals surface area contributed by atoms with Gasteiger partial charge >= 0.3 is 23.9 Å². The Labute approximate surface area is 453 Å².